The van der Waals surface area contributed by atoms with Gasteiger partial charge in [-0.1, -0.05) is 44.8 Å². The van der Waals surface area contributed by atoms with Crippen LogP contribution >= 0.6 is 0 Å². The highest BCUT2D eigenvalue weighted by Gasteiger charge is 2.03. The first-order chi connectivity index (χ1) is 9.16. The van der Waals surface area contributed by atoms with Crippen LogP contribution < -0.4 is 0 Å². The lowest BCUT2D eigenvalue weighted by molar-refractivity contribution is -0.147. The van der Waals surface area contributed by atoms with E-state index in [1.807, 2.05) is 13.8 Å². The lowest BCUT2D eigenvalue weighted by Gasteiger charge is -2.07. The van der Waals surface area contributed by atoms with Crippen molar-refractivity contribution in [2.45, 2.75) is 91.1 Å². The first kappa shape index (κ1) is 18.2. The molecule has 0 radical (unpaired) electrons. The third-order valence-electron chi connectivity index (χ3n) is 3.01. The Bertz CT molecular complexity index is 231. The van der Waals surface area contributed by atoms with Crippen LogP contribution in [0.5, 0.6) is 0 Å². The second kappa shape index (κ2) is 13.6. The van der Waals surface area contributed by atoms with E-state index in [9.17, 15) is 4.79 Å². The monoisotopic (exact) mass is 268 g/mol. The van der Waals surface area contributed by atoms with E-state index in [1.165, 1.54) is 38.5 Å². The van der Waals surface area contributed by atoms with E-state index in [2.05, 4.69) is 19.1 Å². The van der Waals surface area contributed by atoms with Gasteiger partial charge in [-0.05, 0) is 46.0 Å². The Hall–Kier alpha value is -0.790. The number of carbonyl (C=O) groups excluding carboxylic acids is 1. The minimum atomic E-state index is -0.0542. The molecule has 0 aliphatic heterocycles. The van der Waals surface area contributed by atoms with Gasteiger partial charge < -0.3 is 4.74 Å². The molecule has 0 rings (SSSR count). The van der Waals surface area contributed by atoms with Crippen LogP contribution in [0.4, 0.5) is 0 Å². The number of hydrogen-bond donors (Lipinski definition) is 0. The van der Waals surface area contributed by atoms with E-state index < -0.39 is 0 Å². The molecule has 2 nitrogen and oxygen atoms in total. The van der Waals surface area contributed by atoms with E-state index >= 15 is 0 Å². The van der Waals surface area contributed by atoms with E-state index in [1.54, 1.807) is 0 Å². The molecule has 0 atom stereocenters. The Morgan fingerprint density at radius 1 is 0.947 bits per heavy atom. The predicted molar refractivity (Wildman–Crippen MR) is 82.2 cm³/mol. The summed E-state index contributed by atoms with van der Waals surface area (Å²) in [6.07, 6.45) is 16.2. The average Bonchev–Trinajstić information content (AvgIpc) is 2.35. The van der Waals surface area contributed by atoms with Gasteiger partial charge in [0.25, 0.3) is 0 Å². The Labute approximate surface area is 119 Å². The van der Waals surface area contributed by atoms with E-state index in [-0.39, 0.29) is 12.1 Å². The van der Waals surface area contributed by atoms with Crippen LogP contribution in [0.1, 0.15) is 85.0 Å². The second-order valence-electron chi connectivity index (χ2n) is 5.46. The molecule has 0 saturated heterocycles. The van der Waals surface area contributed by atoms with Crippen LogP contribution in [-0.2, 0) is 9.53 Å². The number of rotatable bonds is 12. The molecule has 0 fully saturated rings. The molecule has 0 bridgehead atoms. The van der Waals surface area contributed by atoms with Gasteiger partial charge in [-0.15, -0.1) is 0 Å². The van der Waals surface area contributed by atoms with Crippen molar-refractivity contribution in [3.05, 3.63) is 12.2 Å². The molecule has 0 amide bonds. The van der Waals surface area contributed by atoms with Gasteiger partial charge in [0.2, 0.25) is 0 Å². The Kier molecular flexibility index (Phi) is 13.1. The Balaban J connectivity index is 3.22. The molecule has 0 N–H and O–H groups in total. The quantitative estimate of drug-likeness (QED) is 0.268. The summed E-state index contributed by atoms with van der Waals surface area (Å²) in [5, 5.41) is 0. The SMILES string of the molecule is CCCCCC/C=C\CCCCCC(=O)OC(C)C. The molecule has 0 aliphatic carbocycles. The van der Waals surface area contributed by atoms with E-state index in [0.29, 0.717) is 6.42 Å². The molecule has 0 heterocycles. The standard InChI is InChI=1S/C17H32O2/c1-4-5-6-7-8-9-10-11-12-13-14-15-17(18)19-16(2)3/h9-10,16H,4-8,11-15H2,1-3H3/b10-9-. The van der Waals surface area contributed by atoms with Gasteiger partial charge in [-0.3, -0.25) is 4.79 Å². The predicted octanol–water partition coefficient (Wildman–Crippen LogP) is 5.42. The van der Waals surface area contributed by atoms with E-state index in [4.69, 9.17) is 4.74 Å². The third-order valence-corrected chi connectivity index (χ3v) is 3.01. The number of hydrogen-bond acceptors (Lipinski definition) is 2. The summed E-state index contributed by atoms with van der Waals surface area (Å²) in [5.74, 6) is -0.0542. The average molecular weight is 268 g/mol. The van der Waals surface area contributed by atoms with Crippen LogP contribution in [0.15, 0.2) is 12.2 Å². The first-order valence-corrected chi connectivity index (χ1v) is 8.01. The molecule has 2 heteroatoms. The van der Waals surface area contributed by atoms with Crippen molar-refractivity contribution in [2.75, 3.05) is 0 Å². The highest BCUT2D eigenvalue weighted by molar-refractivity contribution is 5.69. The molecule has 0 unspecified atom stereocenters. The smallest absolute Gasteiger partial charge is 0.306 e. The maximum absolute atomic E-state index is 11.3. The minimum Gasteiger partial charge on any atom is -0.463 e. The van der Waals surface area contributed by atoms with Crippen molar-refractivity contribution in [1.82, 2.24) is 0 Å². The molecule has 0 aliphatic rings. The summed E-state index contributed by atoms with van der Waals surface area (Å²) in [4.78, 5) is 11.3. The van der Waals surface area contributed by atoms with Crippen LogP contribution in [0.3, 0.4) is 0 Å². The molecular weight excluding hydrogens is 236 g/mol. The maximum atomic E-state index is 11.3. The largest absolute Gasteiger partial charge is 0.463 e. The fourth-order valence-electron chi connectivity index (χ4n) is 1.95. The first-order valence-electron chi connectivity index (χ1n) is 8.01. The van der Waals surface area contributed by atoms with Gasteiger partial charge in [0, 0.05) is 6.42 Å². The maximum Gasteiger partial charge on any atom is 0.306 e. The van der Waals surface area contributed by atoms with Gasteiger partial charge in [0.1, 0.15) is 0 Å². The highest BCUT2D eigenvalue weighted by atomic mass is 16.5. The van der Waals surface area contributed by atoms with Gasteiger partial charge in [-0.25, -0.2) is 0 Å². The zero-order valence-electron chi connectivity index (χ0n) is 13.1. The normalized spacial score (nSPS) is 11.4. The lowest BCUT2D eigenvalue weighted by Crippen LogP contribution is -2.10. The van der Waals surface area contributed by atoms with Crippen molar-refractivity contribution in [1.29, 1.82) is 0 Å². The molecule has 0 aromatic carbocycles. The van der Waals surface area contributed by atoms with Crippen LogP contribution in [0.2, 0.25) is 0 Å². The van der Waals surface area contributed by atoms with Crippen LogP contribution in [0, 0.1) is 0 Å². The van der Waals surface area contributed by atoms with Gasteiger partial charge in [0.15, 0.2) is 0 Å². The van der Waals surface area contributed by atoms with Crippen molar-refractivity contribution in [2.24, 2.45) is 0 Å². The van der Waals surface area contributed by atoms with E-state index in [0.717, 1.165) is 19.3 Å². The molecule has 0 aromatic heterocycles. The van der Waals surface area contributed by atoms with Gasteiger partial charge >= 0.3 is 5.97 Å². The van der Waals surface area contributed by atoms with Crippen LogP contribution in [-0.4, -0.2) is 12.1 Å². The molecule has 0 saturated carbocycles. The van der Waals surface area contributed by atoms with Crippen LogP contribution in [0.25, 0.3) is 0 Å². The summed E-state index contributed by atoms with van der Waals surface area (Å²) >= 11 is 0. The molecule has 0 aromatic rings. The number of esters is 1. The zero-order valence-corrected chi connectivity index (χ0v) is 13.1. The number of ether oxygens (including phenoxy) is 1. The lowest BCUT2D eigenvalue weighted by atomic mass is 10.1. The number of unbranched alkanes of at least 4 members (excludes halogenated alkanes) is 7. The molecule has 112 valence electrons. The van der Waals surface area contributed by atoms with Crippen molar-refractivity contribution in [3.8, 4) is 0 Å². The third kappa shape index (κ3) is 15.2. The Morgan fingerprint density at radius 2 is 1.53 bits per heavy atom. The summed E-state index contributed by atoms with van der Waals surface area (Å²) in [7, 11) is 0. The number of allylic oxidation sites excluding steroid dienone is 2. The summed E-state index contributed by atoms with van der Waals surface area (Å²) in [6.45, 7) is 6.03. The topological polar surface area (TPSA) is 26.3 Å². The fraction of sp³-hybridized carbons (Fsp3) is 0.824. The Morgan fingerprint density at radius 3 is 2.05 bits per heavy atom. The summed E-state index contributed by atoms with van der Waals surface area (Å²) in [6, 6.07) is 0. The summed E-state index contributed by atoms with van der Waals surface area (Å²) < 4.78 is 5.09. The minimum absolute atomic E-state index is 0.0168. The zero-order chi connectivity index (χ0) is 14.3. The fourth-order valence-corrected chi connectivity index (χ4v) is 1.95. The molecule has 0 spiro atoms. The highest BCUT2D eigenvalue weighted by Crippen LogP contribution is 2.07. The number of carbonyl (C=O) groups is 1. The molecular formula is C17H32O2. The van der Waals surface area contributed by atoms with Gasteiger partial charge in [0.05, 0.1) is 6.10 Å². The molecule has 19 heavy (non-hydrogen) atoms. The van der Waals surface area contributed by atoms with Crippen molar-refractivity contribution in [3.63, 3.8) is 0 Å². The summed E-state index contributed by atoms with van der Waals surface area (Å²) in [5.41, 5.74) is 0. The van der Waals surface area contributed by atoms with Gasteiger partial charge in [-0.2, -0.15) is 0 Å². The van der Waals surface area contributed by atoms with Crippen molar-refractivity contribution >= 4 is 5.97 Å². The van der Waals surface area contributed by atoms with Crippen molar-refractivity contribution < 1.29 is 9.53 Å². The second-order valence-corrected chi connectivity index (χ2v) is 5.46.